The minimum absolute atomic E-state index is 0.00403. The van der Waals surface area contributed by atoms with Gasteiger partial charge in [-0.25, -0.2) is 0 Å². The van der Waals surface area contributed by atoms with Gasteiger partial charge in [-0.3, -0.25) is 24.5 Å². The summed E-state index contributed by atoms with van der Waals surface area (Å²) in [5.41, 5.74) is -0.594. The van der Waals surface area contributed by atoms with E-state index in [9.17, 15) is 28.0 Å². The summed E-state index contributed by atoms with van der Waals surface area (Å²) >= 11 is 5.69. The highest BCUT2D eigenvalue weighted by Crippen LogP contribution is 2.30. The van der Waals surface area contributed by atoms with Crippen LogP contribution in [0.2, 0.25) is 6.43 Å². The van der Waals surface area contributed by atoms with Crippen LogP contribution in [0.15, 0.2) is 42.4 Å². The molecule has 0 saturated carbocycles. The van der Waals surface area contributed by atoms with Gasteiger partial charge in [-0.2, -0.15) is 8.78 Å². The first-order valence-electron chi connectivity index (χ1n) is 11.1. The third-order valence-corrected chi connectivity index (χ3v) is 5.45. The molecule has 2 unspecified atom stereocenters. The second-order valence-electron chi connectivity index (χ2n) is 7.34. The van der Waals surface area contributed by atoms with E-state index in [2.05, 4.69) is 5.32 Å². The maximum Gasteiger partial charge on any atom is 0.349 e. The number of alkyl halides is 2. The molecule has 7 nitrogen and oxygen atoms in total. The van der Waals surface area contributed by atoms with Crippen LogP contribution < -0.4 is 10.6 Å². The average Bonchev–Trinajstić information content (AvgIpc) is 3.03. The first kappa shape index (κ1) is 18.3. The van der Waals surface area contributed by atoms with Crippen LogP contribution >= 0.6 is 11.6 Å². The highest BCUT2D eigenvalue weighted by atomic mass is 35.5. The van der Waals surface area contributed by atoms with Gasteiger partial charge in [0.05, 0.1) is 2.74 Å². The topological polar surface area (TPSA) is 95.6 Å². The van der Waals surface area contributed by atoms with Crippen molar-refractivity contribution in [3.63, 3.8) is 0 Å². The van der Waals surface area contributed by atoms with Crippen molar-refractivity contribution in [1.82, 2.24) is 15.5 Å². The number of amides is 4. The van der Waals surface area contributed by atoms with Gasteiger partial charge in [-0.15, -0.1) is 0 Å². The van der Waals surface area contributed by atoms with E-state index >= 15 is 0 Å². The summed E-state index contributed by atoms with van der Waals surface area (Å²) in [5.74, 6) is -7.73. The summed E-state index contributed by atoms with van der Waals surface area (Å²) in [7, 11) is 0. The van der Waals surface area contributed by atoms with Crippen LogP contribution in [0.1, 0.15) is 42.6 Å². The zero-order valence-corrected chi connectivity index (χ0v) is 17.2. The molecule has 2 aromatic carbocycles. The second kappa shape index (κ2) is 8.31. The number of benzene rings is 2. The molecule has 2 atom stereocenters. The van der Waals surface area contributed by atoms with Gasteiger partial charge in [0.15, 0.2) is 1.41 Å². The number of imide groups is 1. The van der Waals surface area contributed by atoms with Gasteiger partial charge in [0.2, 0.25) is 11.8 Å². The van der Waals surface area contributed by atoms with Crippen molar-refractivity contribution in [2.45, 2.75) is 37.9 Å². The molecule has 32 heavy (non-hydrogen) atoms. The Kier molecular flexibility index (Phi) is 4.74. The number of piperidine rings is 1. The van der Waals surface area contributed by atoms with Crippen LogP contribution in [0.25, 0.3) is 0 Å². The van der Waals surface area contributed by atoms with Crippen LogP contribution in [-0.4, -0.2) is 34.6 Å². The van der Waals surface area contributed by atoms with Crippen LogP contribution in [0.5, 0.6) is 0 Å². The third kappa shape index (κ3) is 4.08. The maximum absolute atomic E-state index is 14.6. The van der Waals surface area contributed by atoms with Gasteiger partial charge in [0, 0.05) is 35.6 Å². The Morgan fingerprint density at radius 1 is 1.31 bits per heavy atom. The Bertz CT molecular complexity index is 1250. The van der Waals surface area contributed by atoms with Crippen LogP contribution in [0.3, 0.4) is 0 Å². The molecule has 0 bridgehead atoms. The predicted molar refractivity (Wildman–Crippen MR) is 110 cm³/mol. The van der Waals surface area contributed by atoms with E-state index in [0.717, 1.165) is 23.1 Å². The first-order chi connectivity index (χ1) is 16.4. The SMILES string of the molecule is [2H]c1cc2c(cc1CN([2H])C(=O)C(F)(F)c1ccc(Cl)cc1)C([2H])N(C1CCC(=O)NC1=O)C2=O. The summed E-state index contributed by atoms with van der Waals surface area (Å²) in [6.07, 6.45) is 0.0328. The molecule has 4 rings (SSSR count). The molecule has 1 saturated heterocycles. The number of hydrogen-bond acceptors (Lipinski definition) is 4. The molecular formula is C22H18ClF2N3O4. The fourth-order valence-corrected chi connectivity index (χ4v) is 3.63. The van der Waals surface area contributed by atoms with Gasteiger partial charge < -0.3 is 10.2 Å². The molecule has 0 aliphatic carbocycles. The lowest BCUT2D eigenvalue weighted by molar-refractivity contribution is -0.147. The largest absolute Gasteiger partial charge is 0.349 e. The summed E-state index contributed by atoms with van der Waals surface area (Å²) in [5, 5.41) is 2.34. The van der Waals surface area contributed by atoms with E-state index in [1.54, 1.807) is 0 Å². The van der Waals surface area contributed by atoms with Crippen LogP contribution in [0, 0.1) is 0 Å². The van der Waals surface area contributed by atoms with E-state index in [1.165, 1.54) is 18.2 Å². The third-order valence-electron chi connectivity index (χ3n) is 5.20. The van der Waals surface area contributed by atoms with E-state index in [-0.39, 0.29) is 45.9 Å². The van der Waals surface area contributed by atoms with E-state index < -0.39 is 54.2 Å². The Morgan fingerprint density at radius 2 is 2.03 bits per heavy atom. The van der Waals surface area contributed by atoms with Gasteiger partial charge in [0.1, 0.15) is 6.04 Å². The minimum atomic E-state index is -4.03. The molecule has 2 aromatic rings. The molecule has 0 radical (unpaired) electrons. The Labute approximate surface area is 191 Å². The van der Waals surface area contributed by atoms with Gasteiger partial charge >= 0.3 is 5.92 Å². The lowest BCUT2D eigenvalue weighted by atomic mass is 10.0. The zero-order valence-electron chi connectivity index (χ0n) is 19.4. The summed E-state index contributed by atoms with van der Waals surface area (Å²) in [4.78, 5) is 49.9. The van der Waals surface area contributed by atoms with Crippen molar-refractivity contribution >= 4 is 35.2 Å². The van der Waals surface area contributed by atoms with Crippen LogP contribution in [-0.2, 0) is 33.4 Å². The fourth-order valence-electron chi connectivity index (χ4n) is 3.50. The van der Waals surface area contributed by atoms with E-state index in [4.69, 9.17) is 15.8 Å². The van der Waals surface area contributed by atoms with E-state index in [0.29, 0.717) is 0 Å². The molecule has 2 aliphatic rings. The predicted octanol–water partition coefficient (Wildman–Crippen LogP) is 2.51. The van der Waals surface area contributed by atoms with Gasteiger partial charge in [0.25, 0.3) is 11.8 Å². The Hall–Kier alpha value is -3.33. The highest BCUT2D eigenvalue weighted by Gasteiger charge is 2.41. The molecular weight excluding hydrogens is 444 g/mol. The van der Waals surface area contributed by atoms with Crippen molar-refractivity contribution < 1.29 is 32.1 Å². The summed E-state index contributed by atoms with van der Waals surface area (Å²) in [6, 6.07) is 5.32. The number of halogens is 3. The fraction of sp³-hybridized carbons (Fsp3) is 0.273. The standard InChI is InChI=1S/C22H18ClF2N3O4/c23-15-4-2-14(3-5-15)22(24,25)21(32)26-10-12-1-6-16-13(9-12)11-28(20(16)31)17-7-8-18(29)27-19(17)30/h1-6,9,17H,7-8,10-11H2,(H,26,32)(H,27,29,30)/i1D,11D/hD. The van der Waals surface area contributed by atoms with Crippen molar-refractivity contribution in [3.05, 3.63) is 69.7 Å². The summed E-state index contributed by atoms with van der Waals surface area (Å²) in [6.45, 7) is -2.06. The van der Waals surface area contributed by atoms with Crippen LogP contribution in [0.4, 0.5) is 8.78 Å². The Morgan fingerprint density at radius 3 is 2.72 bits per heavy atom. The molecule has 2 N–H and O–H groups in total. The number of carbonyl (C=O) groups excluding carboxylic acids is 4. The molecule has 2 heterocycles. The first-order valence-corrected chi connectivity index (χ1v) is 9.96. The maximum atomic E-state index is 14.6. The molecule has 0 spiro atoms. The lowest BCUT2D eigenvalue weighted by Gasteiger charge is -2.29. The lowest BCUT2D eigenvalue weighted by Crippen LogP contribution is -2.52. The normalized spacial score (nSPS) is 22.0. The summed E-state index contributed by atoms with van der Waals surface area (Å²) < 4.78 is 53.8. The molecule has 0 aromatic heterocycles. The van der Waals surface area contributed by atoms with Gasteiger partial charge in [-0.1, -0.05) is 35.8 Å². The number of carbonyl (C=O) groups is 4. The van der Waals surface area contributed by atoms with Crippen molar-refractivity contribution in [2.24, 2.45) is 0 Å². The molecule has 10 heteroatoms. The number of fused-ring (bicyclic) bond motifs is 1. The Balaban J connectivity index is 1.57. The number of nitrogens with zero attached hydrogens (tertiary/aromatic N) is 1. The van der Waals surface area contributed by atoms with Gasteiger partial charge in [-0.05, 0) is 35.7 Å². The molecule has 166 valence electrons. The van der Waals surface area contributed by atoms with Crippen molar-refractivity contribution in [3.8, 4) is 0 Å². The quantitative estimate of drug-likeness (QED) is 0.665. The van der Waals surface area contributed by atoms with Crippen molar-refractivity contribution in [2.75, 3.05) is 0 Å². The molecule has 2 aliphatic heterocycles. The van der Waals surface area contributed by atoms with Crippen molar-refractivity contribution in [1.29, 1.82) is 0 Å². The zero-order chi connectivity index (χ0) is 25.7. The van der Waals surface area contributed by atoms with E-state index in [1.807, 2.05) is 0 Å². The monoisotopic (exact) mass is 464 g/mol. The molecule has 4 amide bonds. The smallest absolute Gasteiger partial charge is 0.346 e. The second-order valence-corrected chi connectivity index (χ2v) is 7.77. The number of nitrogens with one attached hydrogen (secondary N) is 2. The highest BCUT2D eigenvalue weighted by molar-refractivity contribution is 6.30. The minimum Gasteiger partial charge on any atom is -0.346 e. The molecule has 1 fully saturated rings. The average molecular weight is 465 g/mol. The number of rotatable bonds is 5. The number of hydrogen-bond donors (Lipinski definition) is 2.